The fraction of sp³-hybridized carbons (Fsp3) is 0. The molecule has 0 aliphatic carbocycles. The van der Waals surface area contributed by atoms with Gasteiger partial charge in [0.1, 0.15) is 17.5 Å². The molecule has 7 nitrogen and oxygen atoms in total. The van der Waals surface area contributed by atoms with Crippen LogP contribution in [0.4, 0.5) is 0 Å². The number of rotatable bonds is 2. The number of aromatic carboxylic acids is 1. The van der Waals surface area contributed by atoms with E-state index in [4.69, 9.17) is 10.4 Å². The average molecular weight is 204 g/mol. The number of nitriles is 1. The minimum atomic E-state index is -1.27. The molecule has 0 spiro atoms. The van der Waals surface area contributed by atoms with Crippen molar-refractivity contribution in [3.63, 3.8) is 0 Å². The van der Waals surface area contributed by atoms with Gasteiger partial charge in [-0.2, -0.15) is 10.2 Å². The highest BCUT2D eigenvalue weighted by Gasteiger charge is 2.15. The van der Waals surface area contributed by atoms with Crippen LogP contribution in [0.3, 0.4) is 0 Å². The average Bonchev–Trinajstić information content (AvgIpc) is 2.86. The smallest absolute Gasteiger partial charge is 0.377 e. The summed E-state index contributed by atoms with van der Waals surface area (Å²) >= 11 is 0. The number of nitrogens with zero attached hydrogens (tertiary/aromatic N) is 3. The van der Waals surface area contributed by atoms with Crippen molar-refractivity contribution in [3.8, 4) is 17.7 Å². The largest absolute Gasteiger partial charge is 0.475 e. The third-order valence-corrected chi connectivity index (χ3v) is 1.65. The van der Waals surface area contributed by atoms with Gasteiger partial charge in [-0.1, -0.05) is 0 Å². The zero-order valence-corrected chi connectivity index (χ0v) is 7.26. The van der Waals surface area contributed by atoms with E-state index in [2.05, 4.69) is 19.6 Å². The molecule has 2 rings (SSSR count). The number of H-pyrrole nitrogens is 1. The van der Waals surface area contributed by atoms with Crippen LogP contribution in [0.2, 0.25) is 0 Å². The maximum absolute atomic E-state index is 10.5. The van der Waals surface area contributed by atoms with Gasteiger partial charge in [0.25, 0.3) is 11.7 Å². The van der Waals surface area contributed by atoms with E-state index >= 15 is 0 Å². The molecule has 0 aromatic carbocycles. The van der Waals surface area contributed by atoms with E-state index in [1.807, 2.05) is 6.07 Å². The summed E-state index contributed by atoms with van der Waals surface area (Å²) in [6.45, 7) is 0. The topological polar surface area (TPSA) is 116 Å². The fourth-order valence-electron chi connectivity index (χ4n) is 1.00. The lowest BCUT2D eigenvalue weighted by Gasteiger charge is -1.84. The Hall–Kier alpha value is -2.62. The SMILES string of the molecule is N#Cc1ccc(-c2nc(C(=O)O)no2)[nH]1. The van der Waals surface area contributed by atoms with Crippen LogP contribution in [0.1, 0.15) is 16.3 Å². The highest BCUT2D eigenvalue weighted by molar-refractivity contribution is 5.83. The lowest BCUT2D eigenvalue weighted by Crippen LogP contribution is -1.98. The Morgan fingerprint density at radius 2 is 2.40 bits per heavy atom. The normalized spacial score (nSPS) is 9.80. The second kappa shape index (κ2) is 3.26. The number of nitrogens with one attached hydrogen (secondary N) is 1. The van der Waals surface area contributed by atoms with Gasteiger partial charge in [-0.3, -0.25) is 0 Å². The highest BCUT2D eigenvalue weighted by Crippen LogP contribution is 2.15. The third kappa shape index (κ3) is 1.55. The first kappa shape index (κ1) is 8.96. The van der Waals surface area contributed by atoms with Gasteiger partial charge in [-0.25, -0.2) is 4.79 Å². The first-order valence-corrected chi connectivity index (χ1v) is 3.87. The molecule has 0 amide bonds. The number of hydrogen-bond donors (Lipinski definition) is 2. The number of carboxylic acid groups (broad SMARTS) is 1. The minimum absolute atomic E-state index is 0.0360. The van der Waals surface area contributed by atoms with Crippen molar-refractivity contribution in [2.45, 2.75) is 0 Å². The van der Waals surface area contributed by atoms with Crippen LogP contribution in [0.5, 0.6) is 0 Å². The molecule has 0 bridgehead atoms. The van der Waals surface area contributed by atoms with Gasteiger partial charge in [-0.15, -0.1) is 0 Å². The molecule has 0 saturated heterocycles. The first-order chi connectivity index (χ1) is 7.20. The van der Waals surface area contributed by atoms with Gasteiger partial charge in [0.05, 0.1) is 0 Å². The lowest BCUT2D eigenvalue weighted by atomic mass is 10.4. The summed E-state index contributed by atoms with van der Waals surface area (Å²) in [6.07, 6.45) is 0. The number of aromatic amines is 1. The van der Waals surface area contributed by atoms with Crippen LogP contribution in [-0.4, -0.2) is 26.2 Å². The Morgan fingerprint density at radius 1 is 1.60 bits per heavy atom. The summed E-state index contributed by atoms with van der Waals surface area (Å²) in [4.78, 5) is 16.8. The van der Waals surface area contributed by atoms with Crippen LogP contribution in [0, 0.1) is 11.3 Å². The molecule has 0 unspecified atom stereocenters. The predicted octanol–water partition coefficient (Wildman–Crippen LogP) is 0.635. The zero-order chi connectivity index (χ0) is 10.8. The van der Waals surface area contributed by atoms with Gasteiger partial charge >= 0.3 is 5.97 Å². The van der Waals surface area contributed by atoms with Crippen molar-refractivity contribution in [2.75, 3.05) is 0 Å². The lowest BCUT2D eigenvalue weighted by molar-refractivity contribution is 0.0680. The summed E-state index contributed by atoms with van der Waals surface area (Å²) in [5, 5.41) is 20.3. The summed E-state index contributed by atoms with van der Waals surface area (Å²) in [5.74, 6) is -1.65. The Balaban J connectivity index is 2.38. The molecule has 2 aromatic heterocycles. The van der Waals surface area contributed by atoms with Gasteiger partial charge in [0, 0.05) is 0 Å². The van der Waals surface area contributed by atoms with Crippen molar-refractivity contribution < 1.29 is 14.4 Å². The minimum Gasteiger partial charge on any atom is -0.475 e. The van der Waals surface area contributed by atoms with Crippen molar-refractivity contribution in [1.29, 1.82) is 5.26 Å². The van der Waals surface area contributed by atoms with Crippen LogP contribution < -0.4 is 0 Å². The quantitative estimate of drug-likeness (QED) is 0.741. The van der Waals surface area contributed by atoms with E-state index in [-0.39, 0.29) is 5.89 Å². The molecular weight excluding hydrogens is 200 g/mol. The van der Waals surface area contributed by atoms with E-state index in [0.717, 1.165) is 0 Å². The van der Waals surface area contributed by atoms with Gasteiger partial charge in [0.15, 0.2) is 0 Å². The number of carbonyl (C=O) groups is 1. The van der Waals surface area contributed by atoms with Gasteiger partial charge < -0.3 is 14.6 Å². The van der Waals surface area contributed by atoms with Crippen LogP contribution in [0.25, 0.3) is 11.6 Å². The molecule has 0 fully saturated rings. The molecule has 0 radical (unpaired) electrons. The molecule has 2 heterocycles. The summed E-state index contributed by atoms with van der Waals surface area (Å²) in [6, 6.07) is 4.97. The van der Waals surface area contributed by atoms with Gasteiger partial charge in [-0.05, 0) is 17.3 Å². The van der Waals surface area contributed by atoms with E-state index in [1.165, 1.54) is 6.07 Å². The molecule has 15 heavy (non-hydrogen) atoms. The molecule has 2 N–H and O–H groups in total. The first-order valence-electron chi connectivity index (χ1n) is 3.87. The number of aromatic nitrogens is 3. The molecule has 0 aliphatic rings. The second-order valence-electron chi connectivity index (χ2n) is 2.63. The molecule has 2 aromatic rings. The second-order valence-corrected chi connectivity index (χ2v) is 2.63. The monoisotopic (exact) mass is 204 g/mol. The third-order valence-electron chi connectivity index (χ3n) is 1.65. The van der Waals surface area contributed by atoms with Crippen molar-refractivity contribution >= 4 is 5.97 Å². The maximum Gasteiger partial charge on any atom is 0.377 e. The van der Waals surface area contributed by atoms with Crippen LogP contribution >= 0.6 is 0 Å². The van der Waals surface area contributed by atoms with Gasteiger partial charge in [0.2, 0.25) is 0 Å². The zero-order valence-electron chi connectivity index (χ0n) is 7.26. The van der Waals surface area contributed by atoms with Crippen LogP contribution in [-0.2, 0) is 0 Å². The summed E-state index contributed by atoms with van der Waals surface area (Å²) < 4.78 is 4.69. The van der Waals surface area contributed by atoms with Crippen molar-refractivity contribution in [1.82, 2.24) is 15.1 Å². The van der Waals surface area contributed by atoms with Crippen molar-refractivity contribution in [2.24, 2.45) is 0 Å². The fourth-order valence-corrected chi connectivity index (χ4v) is 1.00. The molecule has 74 valence electrons. The molecular formula is C8H4N4O3. The number of carboxylic acids is 1. The van der Waals surface area contributed by atoms with Crippen LogP contribution in [0.15, 0.2) is 16.7 Å². The van der Waals surface area contributed by atoms with E-state index in [0.29, 0.717) is 11.4 Å². The van der Waals surface area contributed by atoms with E-state index in [1.54, 1.807) is 6.07 Å². The van der Waals surface area contributed by atoms with E-state index in [9.17, 15) is 4.79 Å². The maximum atomic E-state index is 10.5. The van der Waals surface area contributed by atoms with E-state index < -0.39 is 11.8 Å². The Labute approximate surface area is 83.0 Å². The summed E-state index contributed by atoms with van der Waals surface area (Å²) in [7, 11) is 0. The highest BCUT2D eigenvalue weighted by atomic mass is 16.5. The number of hydrogen-bond acceptors (Lipinski definition) is 5. The molecule has 0 aliphatic heterocycles. The Kier molecular flexibility index (Phi) is 1.95. The Bertz CT molecular complexity index is 548. The molecule has 0 atom stereocenters. The molecule has 0 saturated carbocycles. The van der Waals surface area contributed by atoms with Crippen molar-refractivity contribution in [3.05, 3.63) is 23.7 Å². The summed E-state index contributed by atoms with van der Waals surface area (Å²) in [5.41, 5.74) is 0.742. The predicted molar refractivity (Wildman–Crippen MR) is 45.8 cm³/mol. The standard InChI is InChI=1S/C8H4N4O3/c9-3-4-1-2-5(10-4)7-11-6(8(13)14)12-15-7/h1-2,10H,(H,13,14). The molecule has 7 heteroatoms. The Morgan fingerprint density at radius 3 is 2.93 bits per heavy atom.